The van der Waals surface area contributed by atoms with Crippen molar-refractivity contribution in [2.45, 2.75) is 32.4 Å². The van der Waals surface area contributed by atoms with Crippen molar-refractivity contribution in [1.82, 2.24) is 5.32 Å². The van der Waals surface area contributed by atoms with Gasteiger partial charge >= 0.3 is 5.97 Å². The molecule has 0 fully saturated rings. The number of para-hydroxylation sites is 1. The molecule has 0 aliphatic carbocycles. The fourth-order valence-corrected chi connectivity index (χ4v) is 2.08. The van der Waals surface area contributed by atoms with Crippen molar-refractivity contribution in [3.8, 4) is 0 Å². The first-order valence-corrected chi connectivity index (χ1v) is 6.02. The van der Waals surface area contributed by atoms with Crippen LogP contribution < -0.4 is 5.32 Å². The van der Waals surface area contributed by atoms with Crippen LogP contribution >= 0.6 is 0 Å². The van der Waals surface area contributed by atoms with E-state index in [0.29, 0.717) is 0 Å². The van der Waals surface area contributed by atoms with Crippen LogP contribution in [-0.4, -0.2) is 23.2 Å². The van der Waals surface area contributed by atoms with Gasteiger partial charge in [-0.25, -0.2) is 0 Å². The quantitative estimate of drug-likeness (QED) is 0.851. The third-order valence-corrected chi connectivity index (χ3v) is 2.99. The second-order valence-corrected chi connectivity index (χ2v) is 4.59. The molecule has 2 N–H and O–H groups in total. The molecule has 0 amide bonds. The second kappa shape index (κ2) is 5.23. The van der Waals surface area contributed by atoms with Gasteiger partial charge in [-0.15, -0.1) is 0 Å². The second-order valence-electron chi connectivity index (χ2n) is 4.59. The van der Waals surface area contributed by atoms with Crippen LogP contribution in [-0.2, 0) is 11.2 Å². The highest BCUT2D eigenvalue weighted by Crippen LogP contribution is 2.21. The maximum atomic E-state index is 10.8. The summed E-state index contributed by atoms with van der Waals surface area (Å²) in [4.78, 5) is 10.8. The monoisotopic (exact) mass is 247 g/mol. The van der Waals surface area contributed by atoms with Crippen molar-refractivity contribution in [3.05, 3.63) is 36.1 Å². The Bertz CT molecular complexity index is 547. The number of benzene rings is 1. The van der Waals surface area contributed by atoms with Crippen LogP contribution in [0.1, 0.15) is 19.4 Å². The number of nitrogens with one attached hydrogen (secondary N) is 1. The van der Waals surface area contributed by atoms with E-state index in [1.807, 2.05) is 31.2 Å². The SMILES string of the molecule is CC(Cc1coc2ccccc12)NC(C)C(=O)O. The number of fused-ring (bicyclic) bond motifs is 1. The van der Waals surface area contributed by atoms with E-state index in [1.54, 1.807) is 13.2 Å². The molecular weight excluding hydrogens is 230 g/mol. The van der Waals surface area contributed by atoms with Gasteiger partial charge in [0, 0.05) is 11.4 Å². The summed E-state index contributed by atoms with van der Waals surface area (Å²) in [5.41, 5.74) is 1.97. The summed E-state index contributed by atoms with van der Waals surface area (Å²) < 4.78 is 5.46. The maximum absolute atomic E-state index is 10.8. The minimum Gasteiger partial charge on any atom is -0.480 e. The minimum atomic E-state index is -0.834. The molecule has 0 bridgehead atoms. The lowest BCUT2D eigenvalue weighted by molar-refractivity contribution is -0.139. The van der Waals surface area contributed by atoms with E-state index in [1.165, 1.54) is 0 Å². The van der Waals surface area contributed by atoms with Crippen LogP contribution in [0.2, 0.25) is 0 Å². The molecule has 96 valence electrons. The lowest BCUT2D eigenvalue weighted by Crippen LogP contribution is -2.40. The highest BCUT2D eigenvalue weighted by molar-refractivity contribution is 5.80. The highest BCUT2D eigenvalue weighted by Gasteiger charge is 2.15. The van der Waals surface area contributed by atoms with Crippen molar-refractivity contribution in [3.63, 3.8) is 0 Å². The van der Waals surface area contributed by atoms with Gasteiger partial charge in [0.05, 0.1) is 6.26 Å². The third kappa shape index (κ3) is 2.71. The fraction of sp³-hybridized carbons (Fsp3) is 0.357. The van der Waals surface area contributed by atoms with Crippen LogP contribution in [0.5, 0.6) is 0 Å². The normalized spacial score (nSPS) is 14.6. The lowest BCUT2D eigenvalue weighted by Gasteiger charge is -2.16. The Labute approximate surface area is 106 Å². The van der Waals surface area contributed by atoms with Gasteiger partial charge in [0.2, 0.25) is 0 Å². The number of rotatable bonds is 5. The Morgan fingerprint density at radius 2 is 2.11 bits per heavy atom. The van der Waals surface area contributed by atoms with Crippen molar-refractivity contribution in [1.29, 1.82) is 0 Å². The Balaban J connectivity index is 2.07. The van der Waals surface area contributed by atoms with Crippen molar-refractivity contribution in [2.75, 3.05) is 0 Å². The molecule has 2 atom stereocenters. The average Bonchev–Trinajstić information content (AvgIpc) is 2.72. The Kier molecular flexibility index (Phi) is 3.67. The number of carboxylic acid groups (broad SMARTS) is 1. The first-order valence-electron chi connectivity index (χ1n) is 6.02. The Morgan fingerprint density at radius 3 is 2.83 bits per heavy atom. The molecule has 0 spiro atoms. The molecule has 2 aromatic rings. The van der Waals surface area contributed by atoms with Gasteiger partial charge in [0.15, 0.2) is 0 Å². The Morgan fingerprint density at radius 1 is 1.39 bits per heavy atom. The molecule has 2 rings (SSSR count). The zero-order chi connectivity index (χ0) is 13.1. The van der Waals surface area contributed by atoms with Crippen LogP contribution in [0.3, 0.4) is 0 Å². The molecule has 0 radical (unpaired) electrons. The molecule has 0 saturated heterocycles. The third-order valence-electron chi connectivity index (χ3n) is 2.99. The number of carboxylic acids is 1. The summed E-state index contributed by atoms with van der Waals surface area (Å²) in [6, 6.07) is 7.39. The molecule has 4 heteroatoms. The molecule has 0 aliphatic heterocycles. The average molecular weight is 247 g/mol. The van der Waals surface area contributed by atoms with Crippen molar-refractivity contribution in [2.24, 2.45) is 0 Å². The lowest BCUT2D eigenvalue weighted by atomic mass is 10.1. The molecule has 4 nitrogen and oxygen atoms in total. The molecule has 0 aliphatic rings. The van der Waals surface area contributed by atoms with E-state index in [-0.39, 0.29) is 6.04 Å². The van der Waals surface area contributed by atoms with E-state index >= 15 is 0 Å². The number of furan rings is 1. The van der Waals surface area contributed by atoms with Gasteiger partial charge in [-0.05, 0) is 31.9 Å². The number of aliphatic carboxylic acids is 1. The summed E-state index contributed by atoms with van der Waals surface area (Å²) in [6.45, 7) is 3.62. The van der Waals surface area contributed by atoms with Crippen LogP contribution in [0.4, 0.5) is 0 Å². The van der Waals surface area contributed by atoms with Crippen LogP contribution in [0, 0.1) is 0 Å². The van der Waals surface area contributed by atoms with Gasteiger partial charge in [0.25, 0.3) is 0 Å². The molecule has 18 heavy (non-hydrogen) atoms. The predicted octanol–water partition coefficient (Wildman–Crippen LogP) is 2.43. The zero-order valence-corrected chi connectivity index (χ0v) is 10.5. The summed E-state index contributed by atoms with van der Waals surface area (Å²) in [5.74, 6) is -0.834. The molecule has 1 aromatic carbocycles. The summed E-state index contributed by atoms with van der Waals surface area (Å²) in [7, 11) is 0. The van der Waals surface area contributed by atoms with E-state index in [4.69, 9.17) is 9.52 Å². The van der Waals surface area contributed by atoms with Crippen LogP contribution in [0.15, 0.2) is 34.9 Å². The largest absolute Gasteiger partial charge is 0.480 e. The van der Waals surface area contributed by atoms with Gasteiger partial charge in [0.1, 0.15) is 11.6 Å². The Hall–Kier alpha value is -1.81. The smallest absolute Gasteiger partial charge is 0.320 e. The molecule has 1 aromatic heterocycles. The van der Waals surface area contributed by atoms with Crippen LogP contribution in [0.25, 0.3) is 11.0 Å². The summed E-state index contributed by atoms with van der Waals surface area (Å²) >= 11 is 0. The van der Waals surface area contributed by atoms with E-state index in [2.05, 4.69) is 5.32 Å². The number of hydrogen-bond donors (Lipinski definition) is 2. The van der Waals surface area contributed by atoms with Gasteiger partial charge in [-0.2, -0.15) is 0 Å². The molecule has 0 saturated carbocycles. The van der Waals surface area contributed by atoms with E-state index in [0.717, 1.165) is 23.0 Å². The zero-order valence-electron chi connectivity index (χ0n) is 10.5. The maximum Gasteiger partial charge on any atom is 0.320 e. The topological polar surface area (TPSA) is 62.5 Å². The predicted molar refractivity (Wildman–Crippen MR) is 69.6 cm³/mol. The van der Waals surface area contributed by atoms with Gasteiger partial charge < -0.3 is 14.8 Å². The fourth-order valence-electron chi connectivity index (χ4n) is 2.08. The molecular formula is C14H17NO3. The first-order chi connectivity index (χ1) is 8.58. The number of carbonyl (C=O) groups is 1. The van der Waals surface area contributed by atoms with Crippen molar-refractivity contribution < 1.29 is 14.3 Å². The molecule has 1 heterocycles. The van der Waals surface area contributed by atoms with Gasteiger partial charge in [-0.1, -0.05) is 18.2 Å². The first kappa shape index (κ1) is 12.6. The van der Waals surface area contributed by atoms with Crippen molar-refractivity contribution >= 4 is 16.9 Å². The van der Waals surface area contributed by atoms with E-state index in [9.17, 15) is 4.79 Å². The number of hydrogen-bond acceptors (Lipinski definition) is 3. The molecule has 2 unspecified atom stereocenters. The minimum absolute atomic E-state index is 0.0807. The van der Waals surface area contributed by atoms with E-state index < -0.39 is 12.0 Å². The highest BCUT2D eigenvalue weighted by atomic mass is 16.4. The summed E-state index contributed by atoms with van der Waals surface area (Å²) in [6.07, 6.45) is 2.49. The summed E-state index contributed by atoms with van der Waals surface area (Å²) in [5, 5.41) is 13.0. The standard InChI is InChI=1S/C14H17NO3/c1-9(15-10(2)14(16)17)7-11-8-18-13-6-4-3-5-12(11)13/h3-6,8-10,15H,7H2,1-2H3,(H,16,17). The van der Waals surface area contributed by atoms with Gasteiger partial charge in [-0.3, -0.25) is 4.79 Å².